The topological polar surface area (TPSA) is 56.7 Å². The van der Waals surface area contributed by atoms with Crippen molar-refractivity contribution in [3.8, 4) is 0 Å². The Morgan fingerprint density at radius 1 is 1.39 bits per heavy atom. The van der Waals surface area contributed by atoms with Gasteiger partial charge in [-0.2, -0.15) is 0 Å². The molecule has 0 aliphatic rings. The van der Waals surface area contributed by atoms with Gasteiger partial charge in [0.15, 0.2) is 0 Å². The smallest absolute Gasteiger partial charge is 0.117 e. The lowest BCUT2D eigenvalue weighted by Gasteiger charge is -2.26. The first kappa shape index (κ1) is 13.0. The maximum absolute atomic E-state index is 5.97. The number of fused-ring (bicyclic) bond motifs is 1. The van der Waals surface area contributed by atoms with Crippen LogP contribution >= 0.6 is 0 Å². The Balaban J connectivity index is 2.65. The van der Waals surface area contributed by atoms with Crippen molar-refractivity contribution in [2.24, 2.45) is 5.73 Å². The van der Waals surface area contributed by atoms with Crippen LogP contribution in [0.25, 0.3) is 11.0 Å². The molecule has 0 aliphatic heterocycles. The van der Waals surface area contributed by atoms with Gasteiger partial charge in [0.2, 0.25) is 0 Å². The minimum atomic E-state index is -0.0613. The van der Waals surface area contributed by atoms with Crippen LogP contribution in [-0.4, -0.2) is 21.1 Å². The summed E-state index contributed by atoms with van der Waals surface area (Å²) in [6, 6.07) is 2.04. The van der Waals surface area contributed by atoms with Gasteiger partial charge in [-0.15, -0.1) is 0 Å². The first-order chi connectivity index (χ1) is 8.66. The molecule has 0 aliphatic carbocycles. The van der Waals surface area contributed by atoms with Gasteiger partial charge in [-0.3, -0.25) is 4.98 Å². The molecule has 4 nitrogen and oxygen atoms in total. The molecule has 2 N–H and O–H groups in total. The van der Waals surface area contributed by atoms with E-state index in [1.165, 1.54) is 0 Å². The van der Waals surface area contributed by atoms with Gasteiger partial charge in [-0.05, 0) is 18.9 Å². The summed E-state index contributed by atoms with van der Waals surface area (Å²) in [5.41, 5.74) is 8.03. The van der Waals surface area contributed by atoms with E-state index in [2.05, 4.69) is 30.3 Å². The van der Waals surface area contributed by atoms with E-state index in [1.807, 2.05) is 18.5 Å². The molecule has 2 rings (SSSR count). The molecular formula is C14H22N4. The molecule has 0 radical (unpaired) electrons. The fourth-order valence-corrected chi connectivity index (χ4v) is 2.29. The molecule has 2 aromatic rings. The molecule has 1 unspecified atom stereocenters. The summed E-state index contributed by atoms with van der Waals surface area (Å²) in [5.74, 6) is 1.09. The minimum absolute atomic E-state index is 0.0613. The second kappa shape index (κ2) is 5.06. The fourth-order valence-electron chi connectivity index (χ4n) is 2.29. The molecule has 4 heteroatoms. The van der Waals surface area contributed by atoms with Gasteiger partial charge in [0.1, 0.15) is 11.3 Å². The van der Waals surface area contributed by atoms with Crippen LogP contribution in [0.4, 0.5) is 0 Å². The third-order valence-electron chi connectivity index (χ3n) is 3.77. The molecule has 98 valence electrons. The zero-order valence-corrected chi connectivity index (χ0v) is 11.5. The van der Waals surface area contributed by atoms with Crippen molar-refractivity contribution in [3.63, 3.8) is 0 Å². The first-order valence-electron chi connectivity index (χ1n) is 6.67. The molecule has 18 heavy (non-hydrogen) atoms. The monoisotopic (exact) mass is 246 g/mol. The van der Waals surface area contributed by atoms with Crippen LogP contribution in [0.1, 0.15) is 39.4 Å². The van der Waals surface area contributed by atoms with E-state index < -0.39 is 0 Å². The Morgan fingerprint density at radius 2 is 2.17 bits per heavy atom. The Hall–Kier alpha value is -1.42. The van der Waals surface area contributed by atoms with E-state index in [0.29, 0.717) is 6.54 Å². The van der Waals surface area contributed by atoms with Gasteiger partial charge in [0.25, 0.3) is 0 Å². The van der Waals surface area contributed by atoms with E-state index in [9.17, 15) is 0 Å². The number of pyridine rings is 1. The second-order valence-electron chi connectivity index (χ2n) is 5.07. The van der Waals surface area contributed by atoms with Crippen LogP contribution in [0.15, 0.2) is 18.5 Å². The van der Waals surface area contributed by atoms with Gasteiger partial charge < -0.3 is 10.3 Å². The van der Waals surface area contributed by atoms with Crippen molar-refractivity contribution < 1.29 is 0 Å². The molecule has 0 saturated heterocycles. The SMILES string of the molecule is CCCn1c(C(C)(CC)CN)nc2cnccc21. The van der Waals surface area contributed by atoms with Crippen molar-refractivity contribution in [1.82, 2.24) is 14.5 Å². The van der Waals surface area contributed by atoms with Crippen LogP contribution in [0.5, 0.6) is 0 Å². The van der Waals surface area contributed by atoms with E-state index in [0.717, 1.165) is 36.2 Å². The van der Waals surface area contributed by atoms with Crippen molar-refractivity contribution in [2.75, 3.05) is 6.54 Å². The number of nitrogens with two attached hydrogens (primary N) is 1. The highest BCUT2D eigenvalue weighted by Crippen LogP contribution is 2.29. The molecule has 0 spiro atoms. The van der Waals surface area contributed by atoms with Gasteiger partial charge in [0, 0.05) is 24.7 Å². The number of rotatable bonds is 5. The lowest BCUT2D eigenvalue weighted by molar-refractivity contribution is 0.416. The van der Waals surface area contributed by atoms with E-state index in [4.69, 9.17) is 10.7 Å². The predicted molar refractivity (Wildman–Crippen MR) is 74.5 cm³/mol. The number of hydrogen-bond acceptors (Lipinski definition) is 3. The Bertz CT molecular complexity index is 526. The summed E-state index contributed by atoms with van der Waals surface area (Å²) in [7, 11) is 0. The zero-order chi connectivity index (χ0) is 13.2. The normalized spacial score (nSPS) is 14.9. The lowest BCUT2D eigenvalue weighted by atomic mass is 9.86. The van der Waals surface area contributed by atoms with Crippen LogP contribution < -0.4 is 5.73 Å². The van der Waals surface area contributed by atoms with Crippen LogP contribution in [0.2, 0.25) is 0 Å². The first-order valence-corrected chi connectivity index (χ1v) is 6.67. The summed E-state index contributed by atoms with van der Waals surface area (Å²) < 4.78 is 2.30. The van der Waals surface area contributed by atoms with Crippen molar-refractivity contribution in [1.29, 1.82) is 0 Å². The highest BCUT2D eigenvalue weighted by atomic mass is 15.1. The Morgan fingerprint density at radius 3 is 2.78 bits per heavy atom. The Labute approximate surface area is 108 Å². The van der Waals surface area contributed by atoms with Crippen LogP contribution in [0.3, 0.4) is 0 Å². The molecule has 0 bridgehead atoms. The van der Waals surface area contributed by atoms with E-state index in [1.54, 1.807) is 0 Å². The molecule has 0 aromatic carbocycles. The number of hydrogen-bond donors (Lipinski definition) is 1. The van der Waals surface area contributed by atoms with Gasteiger partial charge in [0.05, 0.1) is 11.7 Å². The highest BCUT2D eigenvalue weighted by Gasteiger charge is 2.29. The van der Waals surface area contributed by atoms with E-state index in [-0.39, 0.29) is 5.41 Å². The summed E-state index contributed by atoms with van der Waals surface area (Å²) in [6.45, 7) is 8.13. The van der Waals surface area contributed by atoms with Crippen molar-refractivity contribution in [2.45, 2.75) is 45.6 Å². The summed E-state index contributed by atoms with van der Waals surface area (Å²) in [5, 5.41) is 0. The third-order valence-corrected chi connectivity index (χ3v) is 3.77. The second-order valence-corrected chi connectivity index (χ2v) is 5.07. The molecule has 1 atom stereocenters. The summed E-state index contributed by atoms with van der Waals surface area (Å²) >= 11 is 0. The number of nitrogens with zero attached hydrogens (tertiary/aromatic N) is 3. The largest absolute Gasteiger partial charge is 0.329 e. The minimum Gasteiger partial charge on any atom is -0.329 e. The summed E-state index contributed by atoms with van der Waals surface area (Å²) in [4.78, 5) is 8.92. The van der Waals surface area contributed by atoms with Gasteiger partial charge >= 0.3 is 0 Å². The van der Waals surface area contributed by atoms with Crippen LogP contribution in [0, 0.1) is 0 Å². The van der Waals surface area contributed by atoms with E-state index >= 15 is 0 Å². The average Bonchev–Trinajstić information content (AvgIpc) is 2.78. The lowest BCUT2D eigenvalue weighted by Crippen LogP contribution is -2.34. The summed E-state index contributed by atoms with van der Waals surface area (Å²) in [6.07, 6.45) is 5.73. The molecule has 2 aromatic heterocycles. The average molecular weight is 246 g/mol. The van der Waals surface area contributed by atoms with Crippen molar-refractivity contribution >= 4 is 11.0 Å². The van der Waals surface area contributed by atoms with Crippen LogP contribution in [-0.2, 0) is 12.0 Å². The third kappa shape index (κ3) is 2.01. The fraction of sp³-hybridized carbons (Fsp3) is 0.571. The number of imidazole rings is 1. The number of aryl methyl sites for hydroxylation is 1. The zero-order valence-electron chi connectivity index (χ0n) is 11.5. The molecule has 0 saturated carbocycles. The maximum Gasteiger partial charge on any atom is 0.117 e. The molecule has 0 fully saturated rings. The molecule has 2 heterocycles. The maximum atomic E-state index is 5.97. The standard InChI is InChI=1S/C14H22N4/c1-4-8-18-12-6-7-16-9-11(12)17-13(18)14(3,5-2)10-15/h6-7,9H,4-5,8,10,15H2,1-3H3. The Kier molecular flexibility index (Phi) is 3.66. The highest BCUT2D eigenvalue weighted by molar-refractivity contribution is 5.75. The quantitative estimate of drug-likeness (QED) is 0.881. The predicted octanol–water partition coefficient (Wildman–Crippen LogP) is 2.47. The number of aromatic nitrogens is 3. The van der Waals surface area contributed by atoms with Gasteiger partial charge in [-0.1, -0.05) is 20.8 Å². The van der Waals surface area contributed by atoms with Crippen molar-refractivity contribution in [3.05, 3.63) is 24.3 Å². The van der Waals surface area contributed by atoms with Gasteiger partial charge in [-0.25, -0.2) is 4.98 Å². The molecule has 0 amide bonds. The molecular weight excluding hydrogens is 224 g/mol.